The van der Waals surface area contributed by atoms with E-state index in [4.69, 9.17) is 9.15 Å². The van der Waals surface area contributed by atoms with E-state index in [-0.39, 0.29) is 0 Å². The molecule has 0 aliphatic heterocycles. The molecule has 15 heavy (non-hydrogen) atoms. The normalized spacial score (nSPS) is 15.3. The number of alkyl halides is 1. The van der Waals surface area contributed by atoms with Crippen LogP contribution in [0.4, 0.5) is 0 Å². The predicted molar refractivity (Wildman–Crippen MR) is 57.1 cm³/mol. The van der Waals surface area contributed by atoms with Crippen LogP contribution in [0.3, 0.4) is 0 Å². The summed E-state index contributed by atoms with van der Waals surface area (Å²) in [6.45, 7) is 2.12. The Labute approximate surface area is 96.1 Å². The van der Waals surface area contributed by atoms with Crippen LogP contribution in [0.2, 0.25) is 0 Å². The van der Waals surface area contributed by atoms with E-state index in [1.165, 1.54) is 0 Å². The summed E-state index contributed by atoms with van der Waals surface area (Å²) in [4.78, 5) is 15.7. The van der Waals surface area contributed by atoms with Gasteiger partial charge in [-0.15, -0.1) is 0 Å². The van der Waals surface area contributed by atoms with E-state index < -0.39 is 5.97 Å². The Balaban J connectivity index is 2.23. The van der Waals surface area contributed by atoms with Crippen LogP contribution in [0.25, 0.3) is 0 Å². The maximum absolute atomic E-state index is 11.5. The molecular formula is C10H12BrNO3. The molecule has 0 saturated heterocycles. The lowest BCUT2D eigenvalue weighted by atomic mass is 10.4. The fraction of sp³-hybridized carbons (Fsp3) is 0.600. The summed E-state index contributed by atoms with van der Waals surface area (Å²) in [6.07, 6.45) is 2.20. The van der Waals surface area contributed by atoms with Gasteiger partial charge in [0.1, 0.15) is 5.76 Å². The summed E-state index contributed by atoms with van der Waals surface area (Å²) in [5, 5.41) is 0.487. The zero-order valence-electron chi connectivity index (χ0n) is 8.46. The number of esters is 1. The minimum Gasteiger partial charge on any atom is -0.461 e. The first-order valence-electron chi connectivity index (χ1n) is 4.99. The number of ether oxygens (including phenoxy) is 1. The number of hydrogen-bond acceptors (Lipinski definition) is 4. The van der Waals surface area contributed by atoms with Crippen molar-refractivity contribution >= 4 is 21.9 Å². The number of nitrogens with zero attached hydrogens (tertiary/aromatic N) is 1. The Kier molecular flexibility index (Phi) is 3.09. The fourth-order valence-corrected chi connectivity index (χ4v) is 1.70. The molecule has 2 rings (SSSR count). The van der Waals surface area contributed by atoms with Crippen LogP contribution in [0.1, 0.15) is 47.8 Å². The molecule has 4 nitrogen and oxygen atoms in total. The third kappa shape index (κ3) is 2.22. The van der Waals surface area contributed by atoms with Crippen LogP contribution in [0.5, 0.6) is 0 Å². The van der Waals surface area contributed by atoms with E-state index in [1.54, 1.807) is 6.92 Å². The molecule has 0 bridgehead atoms. The lowest BCUT2D eigenvalue weighted by Gasteiger charge is -1.97. The number of rotatable bonds is 4. The predicted octanol–water partition coefficient (Wildman–Crippen LogP) is 2.62. The highest BCUT2D eigenvalue weighted by atomic mass is 79.9. The number of carbonyl (C=O) groups excluding carboxylic acids is 1. The number of hydrogen-bond donors (Lipinski definition) is 0. The first-order chi connectivity index (χ1) is 7.26. The molecule has 1 aliphatic carbocycles. The van der Waals surface area contributed by atoms with Crippen molar-refractivity contribution in [3.05, 3.63) is 17.3 Å². The molecule has 0 spiro atoms. The Morgan fingerprint density at radius 1 is 1.67 bits per heavy atom. The first kappa shape index (κ1) is 10.7. The quantitative estimate of drug-likeness (QED) is 0.625. The Morgan fingerprint density at radius 2 is 2.40 bits per heavy atom. The molecular weight excluding hydrogens is 262 g/mol. The van der Waals surface area contributed by atoms with E-state index >= 15 is 0 Å². The molecule has 0 radical (unpaired) electrons. The Hall–Kier alpha value is -0.840. The van der Waals surface area contributed by atoms with E-state index in [9.17, 15) is 4.79 Å². The van der Waals surface area contributed by atoms with E-state index in [0.29, 0.717) is 35.2 Å². The average molecular weight is 274 g/mol. The second kappa shape index (κ2) is 4.35. The molecule has 82 valence electrons. The second-order valence-corrected chi connectivity index (χ2v) is 4.01. The van der Waals surface area contributed by atoms with Gasteiger partial charge in [-0.1, -0.05) is 15.9 Å². The summed E-state index contributed by atoms with van der Waals surface area (Å²) in [5.41, 5.74) is 0.315. The van der Waals surface area contributed by atoms with Gasteiger partial charge in [0.05, 0.1) is 11.9 Å². The highest BCUT2D eigenvalue weighted by Crippen LogP contribution is 2.40. The smallest absolute Gasteiger partial charge is 0.360 e. The molecule has 0 unspecified atom stereocenters. The highest BCUT2D eigenvalue weighted by Gasteiger charge is 2.31. The van der Waals surface area contributed by atoms with Gasteiger partial charge < -0.3 is 9.15 Å². The van der Waals surface area contributed by atoms with Gasteiger partial charge in [0.2, 0.25) is 0 Å². The highest BCUT2D eigenvalue weighted by molar-refractivity contribution is 9.08. The molecule has 0 amide bonds. The molecule has 1 fully saturated rings. The first-order valence-corrected chi connectivity index (χ1v) is 6.11. The van der Waals surface area contributed by atoms with Crippen molar-refractivity contribution in [2.45, 2.75) is 31.0 Å². The summed E-state index contributed by atoms with van der Waals surface area (Å²) in [7, 11) is 0. The Bertz CT molecular complexity index is 371. The molecule has 1 aromatic heterocycles. The second-order valence-electron chi connectivity index (χ2n) is 3.45. The molecule has 0 aromatic carbocycles. The van der Waals surface area contributed by atoms with Crippen LogP contribution in [0.15, 0.2) is 4.42 Å². The molecule has 1 aliphatic rings. The summed E-state index contributed by atoms with van der Waals surface area (Å²) < 4.78 is 10.4. The number of oxazole rings is 1. The van der Waals surface area contributed by atoms with Crippen LogP contribution < -0.4 is 0 Å². The summed E-state index contributed by atoms with van der Waals surface area (Å²) in [6, 6.07) is 0. The van der Waals surface area contributed by atoms with Gasteiger partial charge in [-0.2, -0.15) is 0 Å². The van der Waals surface area contributed by atoms with Crippen LogP contribution >= 0.6 is 15.9 Å². The molecule has 1 saturated carbocycles. The maximum Gasteiger partial charge on any atom is 0.360 e. The van der Waals surface area contributed by atoms with E-state index in [1.807, 2.05) is 0 Å². The zero-order chi connectivity index (χ0) is 10.8. The van der Waals surface area contributed by atoms with Crippen molar-refractivity contribution in [2.24, 2.45) is 0 Å². The lowest BCUT2D eigenvalue weighted by molar-refractivity contribution is 0.0518. The lowest BCUT2D eigenvalue weighted by Crippen LogP contribution is -2.07. The summed E-state index contributed by atoms with van der Waals surface area (Å²) >= 11 is 3.27. The number of aromatic nitrogens is 1. The van der Waals surface area contributed by atoms with Crippen LogP contribution in [-0.2, 0) is 10.1 Å². The molecule has 1 heterocycles. The van der Waals surface area contributed by atoms with Gasteiger partial charge in [0, 0.05) is 5.92 Å². The maximum atomic E-state index is 11.5. The van der Waals surface area contributed by atoms with Gasteiger partial charge in [-0.25, -0.2) is 9.78 Å². The topological polar surface area (TPSA) is 52.3 Å². The Morgan fingerprint density at radius 3 is 2.93 bits per heavy atom. The van der Waals surface area contributed by atoms with E-state index in [0.717, 1.165) is 12.8 Å². The monoisotopic (exact) mass is 273 g/mol. The van der Waals surface area contributed by atoms with Crippen LogP contribution in [-0.4, -0.2) is 17.6 Å². The van der Waals surface area contributed by atoms with Gasteiger partial charge in [-0.05, 0) is 19.8 Å². The van der Waals surface area contributed by atoms with Crippen molar-refractivity contribution in [3.63, 3.8) is 0 Å². The number of carbonyl (C=O) groups is 1. The van der Waals surface area contributed by atoms with Crippen molar-refractivity contribution in [2.75, 3.05) is 6.61 Å². The molecule has 5 heteroatoms. The van der Waals surface area contributed by atoms with Crippen LogP contribution in [0, 0.1) is 0 Å². The van der Waals surface area contributed by atoms with Crippen molar-refractivity contribution in [1.29, 1.82) is 0 Å². The minimum atomic E-state index is -0.400. The van der Waals surface area contributed by atoms with Crippen molar-refractivity contribution in [3.8, 4) is 0 Å². The van der Waals surface area contributed by atoms with Gasteiger partial charge in [-0.3, -0.25) is 0 Å². The van der Waals surface area contributed by atoms with Crippen molar-refractivity contribution in [1.82, 2.24) is 4.98 Å². The molecule has 1 aromatic rings. The average Bonchev–Trinajstić information content (AvgIpc) is 2.98. The molecule has 0 atom stereocenters. The van der Waals surface area contributed by atoms with E-state index in [2.05, 4.69) is 20.9 Å². The zero-order valence-corrected chi connectivity index (χ0v) is 10.0. The third-order valence-corrected chi connectivity index (χ3v) is 2.74. The van der Waals surface area contributed by atoms with Gasteiger partial charge in [0.15, 0.2) is 11.6 Å². The minimum absolute atomic E-state index is 0.315. The largest absolute Gasteiger partial charge is 0.461 e. The number of halogens is 1. The fourth-order valence-electron chi connectivity index (χ4n) is 1.32. The summed E-state index contributed by atoms with van der Waals surface area (Å²) in [5.74, 6) is 1.25. The third-order valence-electron chi connectivity index (χ3n) is 2.23. The van der Waals surface area contributed by atoms with Gasteiger partial charge >= 0.3 is 5.97 Å². The SMILES string of the molecule is CCOC(=O)c1nc(C2CC2)oc1CBr. The van der Waals surface area contributed by atoms with Gasteiger partial charge in [0.25, 0.3) is 0 Å². The molecule has 0 N–H and O–H groups in total. The standard InChI is InChI=1S/C10H12BrNO3/c1-2-14-10(13)8-7(5-11)15-9(12-8)6-3-4-6/h6H,2-5H2,1H3. The van der Waals surface area contributed by atoms with Crippen molar-refractivity contribution < 1.29 is 13.9 Å².